The summed E-state index contributed by atoms with van der Waals surface area (Å²) in [4.78, 5) is 0. The molecule has 0 spiro atoms. The standard InChI is InChI=1S/C13H27NO2/c1-4-15-13(16-5-2)12(14-3)11-9-7-6-8-10-11/h11-14H,4-10H2,1-3H3. The molecule has 1 rings (SSSR count). The molecular formula is C13H27NO2. The molecule has 0 aromatic carbocycles. The van der Waals surface area contributed by atoms with Crippen molar-refractivity contribution in [1.29, 1.82) is 0 Å². The fraction of sp³-hybridized carbons (Fsp3) is 1.00. The van der Waals surface area contributed by atoms with E-state index in [-0.39, 0.29) is 6.29 Å². The van der Waals surface area contributed by atoms with E-state index in [4.69, 9.17) is 9.47 Å². The molecule has 0 heterocycles. The zero-order valence-corrected chi connectivity index (χ0v) is 11.0. The van der Waals surface area contributed by atoms with E-state index in [1.165, 1.54) is 32.1 Å². The van der Waals surface area contributed by atoms with E-state index in [1.54, 1.807) is 0 Å². The predicted molar refractivity (Wildman–Crippen MR) is 66.5 cm³/mol. The molecular weight excluding hydrogens is 202 g/mol. The largest absolute Gasteiger partial charge is 0.351 e. The zero-order chi connectivity index (χ0) is 11.8. The lowest BCUT2D eigenvalue weighted by Crippen LogP contribution is -2.47. The van der Waals surface area contributed by atoms with Gasteiger partial charge in [0.05, 0.1) is 6.04 Å². The SMILES string of the molecule is CCOC(OCC)C(NC)C1CCCCC1. The Bertz CT molecular complexity index is 163. The first-order valence-electron chi connectivity index (χ1n) is 6.73. The van der Waals surface area contributed by atoms with E-state index >= 15 is 0 Å². The minimum Gasteiger partial charge on any atom is -0.351 e. The number of hydrogen-bond donors (Lipinski definition) is 1. The third-order valence-corrected chi connectivity index (χ3v) is 3.45. The molecule has 0 radical (unpaired) electrons. The van der Waals surface area contributed by atoms with Crippen molar-refractivity contribution in [1.82, 2.24) is 5.32 Å². The Labute approximate surface area is 99.9 Å². The summed E-state index contributed by atoms with van der Waals surface area (Å²) in [6.45, 7) is 5.49. The van der Waals surface area contributed by atoms with Gasteiger partial charge >= 0.3 is 0 Å². The molecule has 3 nitrogen and oxygen atoms in total. The molecule has 1 aliphatic rings. The summed E-state index contributed by atoms with van der Waals surface area (Å²) < 4.78 is 11.4. The lowest BCUT2D eigenvalue weighted by atomic mass is 9.83. The van der Waals surface area contributed by atoms with Gasteiger partial charge in [0, 0.05) is 13.2 Å². The van der Waals surface area contributed by atoms with Gasteiger partial charge in [-0.3, -0.25) is 0 Å². The van der Waals surface area contributed by atoms with Crippen LogP contribution in [0.4, 0.5) is 0 Å². The Morgan fingerprint density at radius 3 is 2.06 bits per heavy atom. The molecule has 0 aliphatic heterocycles. The second-order valence-corrected chi connectivity index (χ2v) is 4.49. The monoisotopic (exact) mass is 229 g/mol. The van der Waals surface area contributed by atoms with Crippen molar-refractivity contribution in [2.24, 2.45) is 5.92 Å². The minimum absolute atomic E-state index is 0.0805. The summed E-state index contributed by atoms with van der Waals surface area (Å²) in [7, 11) is 2.02. The van der Waals surface area contributed by atoms with E-state index in [0.29, 0.717) is 12.0 Å². The number of likely N-dealkylation sites (N-methyl/N-ethyl adjacent to an activating group) is 1. The molecule has 0 amide bonds. The topological polar surface area (TPSA) is 30.5 Å². The molecule has 1 saturated carbocycles. The van der Waals surface area contributed by atoms with Crippen LogP contribution in [0.25, 0.3) is 0 Å². The molecule has 1 atom stereocenters. The van der Waals surface area contributed by atoms with Gasteiger partial charge in [0.1, 0.15) is 0 Å². The van der Waals surface area contributed by atoms with Crippen LogP contribution < -0.4 is 5.32 Å². The maximum Gasteiger partial charge on any atom is 0.172 e. The van der Waals surface area contributed by atoms with Crippen LogP contribution in [0.3, 0.4) is 0 Å². The van der Waals surface area contributed by atoms with Crippen LogP contribution in [0.1, 0.15) is 46.0 Å². The van der Waals surface area contributed by atoms with Gasteiger partial charge in [-0.05, 0) is 39.7 Å². The van der Waals surface area contributed by atoms with Crippen LogP contribution in [0.5, 0.6) is 0 Å². The Morgan fingerprint density at radius 2 is 1.62 bits per heavy atom. The summed E-state index contributed by atoms with van der Waals surface area (Å²) in [5.74, 6) is 0.710. The summed E-state index contributed by atoms with van der Waals surface area (Å²) in [5, 5.41) is 3.39. The summed E-state index contributed by atoms with van der Waals surface area (Å²) >= 11 is 0. The molecule has 0 aromatic heterocycles. The van der Waals surface area contributed by atoms with Crippen LogP contribution in [0.2, 0.25) is 0 Å². The van der Waals surface area contributed by atoms with Gasteiger partial charge in [-0.25, -0.2) is 0 Å². The second kappa shape index (κ2) is 8.04. The van der Waals surface area contributed by atoms with Gasteiger partial charge < -0.3 is 14.8 Å². The van der Waals surface area contributed by atoms with Gasteiger partial charge in [0.15, 0.2) is 6.29 Å². The van der Waals surface area contributed by atoms with Crippen LogP contribution in [-0.2, 0) is 9.47 Å². The van der Waals surface area contributed by atoms with Crippen LogP contribution in [0.15, 0.2) is 0 Å². The highest BCUT2D eigenvalue weighted by molar-refractivity contribution is 4.81. The summed E-state index contributed by atoms with van der Waals surface area (Å²) in [6, 6.07) is 0.347. The Kier molecular flexibility index (Phi) is 7.01. The van der Waals surface area contributed by atoms with Crippen molar-refractivity contribution in [2.75, 3.05) is 20.3 Å². The van der Waals surface area contributed by atoms with E-state index in [1.807, 2.05) is 20.9 Å². The summed E-state index contributed by atoms with van der Waals surface area (Å²) in [5.41, 5.74) is 0. The van der Waals surface area contributed by atoms with Crippen LogP contribution >= 0.6 is 0 Å². The molecule has 0 saturated heterocycles. The molecule has 0 aromatic rings. The maximum atomic E-state index is 5.70. The number of hydrogen-bond acceptors (Lipinski definition) is 3. The number of ether oxygens (including phenoxy) is 2. The molecule has 16 heavy (non-hydrogen) atoms. The normalized spacial score (nSPS) is 20.2. The van der Waals surface area contributed by atoms with Crippen molar-refractivity contribution in [3.05, 3.63) is 0 Å². The highest BCUT2D eigenvalue weighted by Gasteiger charge is 2.30. The van der Waals surface area contributed by atoms with Gasteiger partial charge in [-0.2, -0.15) is 0 Å². The average molecular weight is 229 g/mol. The number of rotatable bonds is 7. The predicted octanol–water partition coefficient (Wildman–Crippen LogP) is 2.55. The van der Waals surface area contributed by atoms with Crippen molar-refractivity contribution < 1.29 is 9.47 Å². The number of nitrogens with one attached hydrogen (secondary N) is 1. The molecule has 1 aliphatic carbocycles. The maximum absolute atomic E-state index is 5.70. The Morgan fingerprint density at radius 1 is 1.06 bits per heavy atom. The van der Waals surface area contributed by atoms with Crippen molar-refractivity contribution >= 4 is 0 Å². The van der Waals surface area contributed by atoms with Crippen molar-refractivity contribution in [3.8, 4) is 0 Å². The molecule has 1 unspecified atom stereocenters. The van der Waals surface area contributed by atoms with Gasteiger partial charge in [-0.15, -0.1) is 0 Å². The third kappa shape index (κ3) is 4.04. The highest BCUT2D eigenvalue weighted by Crippen LogP contribution is 2.28. The first-order chi connectivity index (χ1) is 7.83. The Balaban J connectivity index is 2.52. The zero-order valence-electron chi connectivity index (χ0n) is 11.0. The fourth-order valence-electron chi connectivity index (χ4n) is 2.67. The minimum atomic E-state index is -0.0805. The van der Waals surface area contributed by atoms with E-state index in [9.17, 15) is 0 Å². The summed E-state index contributed by atoms with van der Waals surface area (Å²) in [6.07, 6.45) is 6.63. The lowest BCUT2D eigenvalue weighted by molar-refractivity contribution is -0.163. The van der Waals surface area contributed by atoms with Gasteiger partial charge in [0.2, 0.25) is 0 Å². The van der Waals surface area contributed by atoms with Gasteiger partial charge in [-0.1, -0.05) is 19.3 Å². The van der Waals surface area contributed by atoms with E-state index < -0.39 is 0 Å². The fourth-order valence-corrected chi connectivity index (χ4v) is 2.67. The molecule has 3 heteroatoms. The smallest absolute Gasteiger partial charge is 0.172 e. The van der Waals surface area contributed by atoms with Crippen molar-refractivity contribution in [2.45, 2.75) is 58.3 Å². The van der Waals surface area contributed by atoms with Gasteiger partial charge in [0.25, 0.3) is 0 Å². The lowest BCUT2D eigenvalue weighted by Gasteiger charge is -2.35. The molecule has 1 fully saturated rings. The average Bonchev–Trinajstić information content (AvgIpc) is 2.32. The molecule has 96 valence electrons. The molecule has 1 N–H and O–H groups in total. The first kappa shape index (κ1) is 13.9. The van der Waals surface area contributed by atoms with E-state index in [2.05, 4.69) is 5.32 Å². The second-order valence-electron chi connectivity index (χ2n) is 4.49. The quantitative estimate of drug-likeness (QED) is 0.681. The molecule has 0 bridgehead atoms. The van der Waals surface area contributed by atoms with Crippen LogP contribution in [-0.4, -0.2) is 32.6 Å². The van der Waals surface area contributed by atoms with E-state index in [0.717, 1.165) is 13.2 Å². The third-order valence-electron chi connectivity index (χ3n) is 3.45. The van der Waals surface area contributed by atoms with Crippen molar-refractivity contribution in [3.63, 3.8) is 0 Å². The Hall–Kier alpha value is -0.120. The highest BCUT2D eigenvalue weighted by atomic mass is 16.7. The van der Waals surface area contributed by atoms with Crippen LogP contribution in [0, 0.1) is 5.92 Å². The first-order valence-corrected chi connectivity index (χ1v) is 6.73.